The summed E-state index contributed by atoms with van der Waals surface area (Å²) >= 11 is 2.68. The van der Waals surface area contributed by atoms with Crippen molar-refractivity contribution in [1.82, 2.24) is 4.98 Å². The van der Waals surface area contributed by atoms with Crippen LogP contribution in [-0.2, 0) is 6.18 Å². The van der Waals surface area contributed by atoms with E-state index < -0.39 is 29.4 Å². The molecule has 0 saturated heterocycles. The minimum absolute atomic E-state index is 0.0670. The van der Waals surface area contributed by atoms with E-state index in [1.165, 1.54) is 0 Å². The number of aldehydes is 1. The van der Waals surface area contributed by atoms with Crippen molar-refractivity contribution in [2.45, 2.75) is 12.6 Å². The lowest BCUT2D eigenvalue weighted by molar-refractivity contribution is -0.143. The van der Waals surface area contributed by atoms with E-state index in [2.05, 4.69) is 20.9 Å². The predicted molar refractivity (Wildman–Crippen MR) is 47.3 cm³/mol. The van der Waals surface area contributed by atoms with Crippen LogP contribution in [0.3, 0.4) is 0 Å². The number of halogens is 6. The number of alkyl halides is 5. The van der Waals surface area contributed by atoms with Gasteiger partial charge in [0.15, 0.2) is 12.0 Å². The van der Waals surface area contributed by atoms with Crippen molar-refractivity contribution in [1.29, 1.82) is 0 Å². The molecule has 0 fully saturated rings. The Morgan fingerprint density at radius 2 is 1.94 bits per heavy atom. The van der Waals surface area contributed by atoms with E-state index in [1.807, 2.05) is 0 Å². The Bertz CT molecular complexity index is 418. The summed E-state index contributed by atoms with van der Waals surface area (Å²) in [5.41, 5.74) is -3.89. The summed E-state index contributed by atoms with van der Waals surface area (Å²) in [4.78, 5) is 13.3. The van der Waals surface area contributed by atoms with Gasteiger partial charge in [-0.15, -0.1) is 0 Å². The van der Waals surface area contributed by atoms with Crippen LogP contribution in [0.25, 0.3) is 0 Å². The van der Waals surface area contributed by atoms with Crippen molar-refractivity contribution in [3.63, 3.8) is 0 Å². The van der Waals surface area contributed by atoms with Crippen LogP contribution in [0, 0.1) is 0 Å². The minimum Gasteiger partial charge on any atom is -0.298 e. The van der Waals surface area contributed by atoms with Crippen LogP contribution in [0.1, 0.15) is 28.0 Å². The molecule has 0 aliphatic heterocycles. The van der Waals surface area contributed by atoms with E-state index in [0.29, 0.717) is 6.20 Å². The number of rotatable bonds is 2. The fourth-order valence-corrected chi connectivity index (χ4v) is 1.49. The van der Waals surface area contributed by atoms with Crippen molar-refractivity contribution in [3.05, 3.63) is 27.5 Å². The molecule has 16 heavy (non-hydrogen) atoms. The monoisotopic (exact) mass is 303 g/mol. The van der Waals surface area contributed by atoms with Crippen molar-refractivity contribution in [2.24, 2.45) is 0 Å². The molecule has 2 nitrogen and oxygen atoms in total. The Hall–Kier alpha value is -1.05. The van der Waals surface area contributed by atoms with E-state index in [9.17, 15) is 26.7 Å². The van der Waals surface area contributed by atoms with Crippen molar-refractivity contribution < 1.29 is 26.7 Å². The Labute approximate surface area is 94.6 Å². The molecule has 0 aromatic carbocycles. The summed E-state index contributed by atoms with van der Waals surface area (Å²) in [7, 11) is 0. The molecular weight excluding hydrogens is 301 g/mol. The zero-order valence-electron chi connectivity index (χ0n) is 7.36. The SMILES string of the molecule is O=Cc1c(Br)cnc(C(F)(F)F)c1C(F)F. The quantitative estimate of drug-likeness (QED) is 0.617. The Morgan fingerprint density at radius 1 is 1.38 bits per heavy atom. The Balaban J connectivity index is 3.58. The van der Waals surface area contributed by atoms with Gasteiger partial charge in [0.25, 0.3) is 6.43 Å². The molecule has 0 N–H and O–H groups in total. The molecular formula is C8H3BrF5NO. The molecule has 8 heteroatoms. The summed E-state index contributed by atoms with van der Waals surface area (Å²) in [6.07, 6.45) is -7.85. The lowest BCUT2D eigenvalue weighted by atomic mass is 10.1. The minimum atomic E-state index is -5.02. The molecule has 0 aliphatic carbocycles. The molecule has 0 aliphatic rings. The van der Waals surface area contributed by atoms with Gasteiger partial charge < -0.3 is 0 Å². The molecule has 0 atom stereocenters. The molecule has 1 heterocycles. The zero-order valence-corrected chi connectivity index (χ0v) is 8.94. The van der Waals surface area contributed by atoms with Crippen LogP contribution in [-0.4, -0.2) is 11.3 Å². The van der Waals surface area contributed by atoms with E-state index >= 15 is 0 Å². The predicted octanol–water partition coefficient (Wildman–Crippen LogP) is 3.61. The van der Waals surface area contributed by atoms with Gasteiger partial charge in [0, 0.05) is 16.2 Å². The smallest absolute Gasteiger partial charge is 0.298 e. The zero-order chi connectivity index (χ0) is 12.5. The van der Waals surface area contributed by atoms with Crippen molar-refractivity contribution in [3.8, 4) is 0 Å². The molecule has 0 unspecified atom stereocenters. The first kappa shape index (κ1) is 13.0. The van der Waals surface area contributed by atoms with E-state index in [1.54, 1.807) is 0 Å². The second-order valence-electron chi connectivity index (χ2n) is 2.70. The summed E-state index contributed by atoms with van der Waals surface area (Å²) in [6, 6.07) is 0. The van der Waals surface area contributed by atoms with Crippen molar-refractivity contribution in [2.75, 3.05) is 0 Å². The maximum Gasteiger partial charge on any atom is 0.433 e. The summed E-state index contributed by atoms with van der Waals surface area (Å²) in [5.74, 6) is 0. The first-order valence-electron chi connectivity index (χ1n) is 3.78. The average Bonchev–Trinajstić information content (AvgIpc) is 2.14. The highest BCUT2D eigenvalue weighted by Gasteiger charge is 2.39. The maximum absolute atomic E-state index is 12.5. The maximum atomic E-state index is 12.5. The van der Waals surface area contributed by atoms with Gasteiger partial charge in [-0.05, 0) is 15.9 Å². The number of carbonyl (C=O) groups excluding carboxylic acids is 1. The Kier molecular flexibility index (Phi) is 3.61. The molecule has 0 spiro atoms. The summed E-state index contributed by atoms with van der Waals surface area (Å²) in [5, 5.41) is 0. The first-order chi connectivity index (χ1) is 7.29. The largest absolute Gasteiger partial charge is 0.433 e. The highest BCUT2D eigenvalue weighted by Crippen LogP contribution is 2.38. The molecule has 1 aromatic heterocycles. The van der Waals surface area contributed by atoms with Gasteiger partial charge in [0.05, 0.1) is 5.56 Å². The number of pyridine rings is 1. The first-order valence-corrected chi connectivity index (χ1v) is 4.57. The lowest BCUT2D eigenvalue weighted by Crippen LogP contribution is -2.14. The lowest BCUT2D eigenvalue weighted by Gasteiger charge is -2.13. The van der Waals surface area contributed by atoms with Crippen LogP contribution in [0.2, 0.25) is 0 Å². The second kappa shape index (κ2) is 4.44. The van der Waals surface area contributed by atoms with Gasteiger partial charge in [-0.25, -0.2) is 8.78 Å². The molecule has 0 amide bonds. The average molecular weight is 304 g/mol. The summed E-state index contributed by atoms with van der Waals surface area (Å²) < 4.78 is 61.7. The van der Waals surface area contributed by atoms with E-state index in [4.69, 9.17) is 0 Å². The van der Waals surface area contributed by atoms with Crippen LogP contribution in [0.15, 0.2) is 10.7 Å². The van der Waals surface area contributed by atoms with Gasteiger partial charge in [-0.1, -0.05) is 0 Å². The number of aromatic nitrogens is 1. The molecule has 1 aromatic rings. The molecule has 0 bridgehead atoms. The number of nitrogens with zero attached hydrogens (tertiary/aromatic N) is 1. The van der Waals surface area contributed by atoms with E-state index in [0.717, 1.165) is 0 Å². The third-order valence-corrected chi connectivity index (χ3v) is 2.35. The highest BCUT2D eigenvalue weighted by molar-refractivity contribution is 9.10. The van der Waals surface area contributed by atoms with Crippen LogP contribution >= 0.6 is 15.9 Å². The van der Waals surface area contributed by atoms with Crippen molar-refractivity contribution >= 4 is 22.2 Å². The van der Waals surface area contributed by atoms with E-state index in [-0.39, 0.29) is 10.8 Å². The van der Waals surface area contributed by atoms with Crippen LogP contribution in [0.5, 0.6) is 0 Å². The molecule has 1 rings (SSSR count). The summed E-state index contributed by atoms with van der Waals surface area (Å²) in [6.45, 7) is 0. The van der Waals surface area contributed by atoms with Gasteiger partial charge in [0.2, 0.25) is 0 Å². The normalized spacial score (nSPS) is 11.9. The van der Waals surface area contributed by atoms with Gasteiger partial charge >= 0.3 is 6.18 Å². The van der Waals surface area contributed by atoms with Gasteiger partial charge in [0.1, 0.15) is 0 Å². The topological polar surface area (TPSA) is 30.0 Å². The Morgan fingerprint density at radius 3 is 2.31 bits per heavy atom. The second-order valence-corrected chi connectivity index (χ2v) is 3.55. The number of hydrogen-bond donors (Lipinski definition) is 0. The number of carbonyl (C=O) groups is 1. The standard InChI is InChI=1S/C8H3BrF5NO/c9-4-1-15-6(8(12,13)14)5(7(10)11)3(4)2-16/h1-2,7H. The van der Waals surface area contributed by atoms with Crippen LogP contribution in [0.4, 0.5) is 22.0 Å². The van der Waals surface area contributed by atoms with Gasteiger partial charge in [-0.2, -0.15) is 13.2 Å². The fourth-order valence-electron chi connectivity index (χ4n) is 1.08. The molecule has 0 radical (unpaired) electrons. The number of hydrogen-bond acceptors (Lipinski definition) is 2. The third-order valence-electron chi connectivity index (χ3n) is 1.71. The van der Waals surface area contributed by atoms with Gasteiger partial charge in [-0.3, -0.25) is 9.78 Å². The molecule has 0 saturated carbocycles. The molecule has 88 valence electrons. The fraction of sp³-hybridized carbons (Fsp3) is 0.250. The third kappa shape index (κ3) is 2.37. The van der Waals surface area contributed by atoms with Crippen LogP contribution < -0.4 is 0 Å². The highest BCUT2D eigenvalue weighted by atomic mass is 79.9.